The molecule has 0 amide bonds. The number of aromatic carboxylic acids is 1. The lowest BCUT2D eigenvalue weighted by molar-refractivity contribution is 0.0691. The number of nitrogen functional groups attached to an aromatic ring is 1. The molecule has 1 heterocycles. The third kappa shape index (κ3) is 2.10. The van der Waals surface area contributed by atoms with Crippen LogP contribution in [0.25, 0.3) is 11.4 Å². The lowest BCUT2D eigenvalue weighted by atomic mass is 10.2. The highest BCUT2D eigenvalue weighted by molar-refractivity contribution is 5.91. The van der Waals surface area contributed by atoms with Gasteiger partial charge in [-0.25, -0.2) is 23.5 Å². The van der Waals surface area contributed by atoms with Gasteiger partial charge in [0.25, 0.3) is 0 Å². The third-order valence-corrected chi connectivity index (χ3v) is 2.19. The van der Waals surface area contributed by atoms with E-state index in [1.165, 1.54) is 0 Å². The molecule has 0 bridgehead atoms. The molecule has 1 aromatic heterocycles. The fourth-order valence-electron chi connectivity index (χ4n) is 1.36. The Hall–Kier alpha value is -2.57. The van der Waals surface area contributed by atoms with Gasteiger partial charge in [0, 0.05) is 6.07 Å². The van der Waals surface area contributed by atoms with Crippen molar-refractivity contribution in [2.75, 3.05) is 5.73 Å². The zero-order valence-electron chi connectivity index (χ0n) is 8.89. The SMILES string of the molecule is Nc1cnc(-c2ccc(F)cc2F)nc1C(=O)O. The van der Waals surface area contributed by atoms with E-state index in [0.717, 1.165) is 18.3 Å². The Morgan fingerprint density at radius 2 is 2.06 bits per heavy atom. The van der Waals surface area contributed by atoms with Crippen LogP contribution in [0.3, 0.4) is 0 Å². The number of hydrogen-bond donors (Lipinski definition) is 2. The molecule has 2 aromatic rings. The largest absolute Gasteiger partial charge is 0.476 e. The summed E-state index contributed by atoms with van der Waals surface area (Å²) < 4.78 is 26.2. The number of aromatic nitrogens is 2. The number of nitrogens with two attached hydrogens (primary N) is 1. The maximum absolute atomic E-state index is 13.5. The van der Waals surface area contributed by atoms with E-state index < -0.39 is 23.3 Å². The number of rotatable bonds is 2. The minimum absolute atomic E-state index is 0.0982. The summed E-state index contributed by atoms with van der Waals surface area (Å²) in [7, 11) is 0. The average molecular weight is 251 g/mol. The molecule has 0 saturated carbocycles. The smallest absolute Gasteiger partial charge is 0.356 e. The first-order chi connectivity index (χ1) is 8.49. The maximum Gasteiger partial charge on any atom is 0.356 e. The van der Waals surface area contributed by atoms with Crippen molar-refractivity contribution < 1.29 is 18.7 Å². The highest BCUT2D eigenvalue weighted by atomic mass is 19.1. The first-order valence-electron chi connectivity index (χ1n) is 4.80. The van der Waals surface area contributed by atoms with E-state index in [1.807, 2.05) is 0 Å². The topological polar surface area (TPSA) is 89.1 Å². The van der Waals surface area contributed by atoms with Crippen molar-refractivity contribution in [1.82, 2.24) is 9.97 Å². The van der Waals surface area contributed by atoms with Crippen LogP contribution in [-0.4, -0.2) is 21.0 Å². The van der Waals surface area contributed by atoms with Crippen LogP contribution in [0, 0.1) is 11.6 Å². The van der Waals surface area contributed by atoms with E-state index in [-0.39, 0.29) is 17.1 Å². The third-order valence-electron chi connectivity index (χ3n) is 2.19. The number of halogens is 2. The highest BCUT2D eigenvalue weighted by Crippen LogP contribution is 2.21. The van der Waals surface area contributed by atoms with Crippen LogP contribution in [0.1, 0.15) is 10.5 Å². The summed E-state index contributed by atoms with van der Waals surface area (Å²) in [5, 5.41) is 8.83. The summed E-state index contributed by atoms with van der Waals surface area (Å²) in [5.41, 5.74) is 4.71. The number of hydrogen-bond acceptors (Lipinski definition) is 4. The Morgan fingerprint density at radius 3 is 2.67 bits per heavy atom. The van der Waals surface area contributed by atoms with Crippen LogP contribution >= 0.6 is 0 Å². The van der Waals surface area contributed by atoms with E-state index in [2.05, 4.69) is 9.97 Å². The predicted octanol–water partition coefficient (Wildman–Crippen LogP) is 1.70. The van der Waals surface area contributed by atoms with Gasteiger partial charge in [-0.3, -0.25) is 0 Å². The van der Waals surface area contributed by atoms with Gasteiger partial charge < -0.3 is 10.8 Å². The van der Waals surface area contributed by atoms with Crippen LogP contribution in [0.5, 0.6) is 0 Å². The quantitative estimate of drug-likeness (QED) is 0.847. The van der Waals surface area contributed by atoms with Gasteiger partial charge >= 0.3 is 5.97 Å². The summed E-state index contributed by atoms with van der Waals surface area (Å²) in [5.74, 6) is -3.14. The monoisotopic (exact) mass is 251 g/mol. The van der Waals surface area contributed by atoms with E-state index >= 15 is 0 Å². The van der Waals surface area contributed by atoms with E-state index in [9.17, 15) is 13.6 Å². The van der Waals surface area contributed by atoms with Crippen LogP contribution in [0.2, 0.25) is 0 Å². The standard InChI is InChI=1S/C11H7F2N3O2/c12-5-1-2-6(7(13)3-5)10-15-4-8(14)9(16-10)11(17)18/h1-4H,14H2,(H,17,18). The molecule has 1 aromatic carbocycles. The van der Waals surface area contributed by atoms with Crippen LogP contribution in [0.4, 0.5) is 14.5 Å². The fourth-order valence-corrected chi connectivity index (χ4v) is 1.36. The maximum atomic E-state index is 13.5. The molecule has 0 aliphatic carbocycles. The molecule has 0 unspecified atom stereocenters. The lowest BCUT2D eigenvalue weighted by Crippen LogP contribution is -2.08. The molecular weight excluding hydrogens is 244 g/mol. The number of carbonyl (C=O) groups is 1. The number of carboxylic acids is 1. The van der Waals surface area contributed by atoms with Gasteiger partial charge in [0.15, 0.2) is 11.5 Å². The van der Waals surface area contributed by atoms with Crippen molar-refractivity contribution in [1.29, 1.82) is 0 Å². The van der Waals surface area contributed by atoms with Crippen LogP contribution in [0.15, 0.2) is 24.4 Å². The van der Waals surface area contributed by atoms with Crippen molar-refractivity contribution in [3.05, 3.63) is 41.7 Å². The molecule has 0 radical (unpaired) electrons. The van der Waals surface area contributed by atoms with Gasteiger partial charge in [0.1, 0.15) is 11.6 Å². The Bertz CT molecular complexity index is 632. The molecular formula is C11H7F2N3O2. The van der Waals surface area contributed by atoms with E-state index in [1.54, 1.807) is 0 Å². The predicted molar refractivity (Wildman–Crippen MR) is 58.8 cm³/mol. The van der Waals surface area contributed by atoms with Crippen molar-refractivity contribution in [3.63, 3.8) is 0 Å². The Morgan fingerprint density at radius 1 is 1.33 bits per heavy atom. The Kier molecular flexibility index (Phi) is 2.88. The summed E-state index contributed by atoms with van der Waals surface area (Å²) in [6.45, 7) is 0. The van der Waals surface area contributed by atoms with Crippen LogP contribution < -0.4 is 5.73 Å². The number of benzene rings is 1. The molecule has 18 heavy (non-hydrogen) atoms. The van der Waals surface area contributed by atoms with E-state index in [0.29, 0.717) is 6.07 Å². The van der Waals surface area contributed by atoms with Gasteiger partial charge in [0.05, 0.1) is 17.4 Å². The number of nitrogens with zero attached hydrogens (tertiary/aromatic N) is 2. The molecule has 0 spiro atoms. The van der Waals surface area contributed by atoms with E-state index in [4.69, 9.17) is 10.8 Å². The second kappa shape index (κ2) is 4.36. The van der Waals surface area contributed by atoms with Crippen molar-refractivity contribution in [3.8, 4) is 11.4 Å². The highest BCUT2D eigenvalue weighted by Gasteiger charge is 2.15. The Balaban J connectivity index is 2.58. The molecule has 3 N–H and O–H groups in total. The van der Waals surface area contributed by atoms with Gasteiger partial charge in [-0.15, -0.1) is 0 Å². The molecule has 0 fully saturated rings. The Labute approximate surface area is 99.9 Å². The summed E-state index contributed by atoms with van der Waals surface area (Å²) in [4.78, 5) is 18.2. The lowest BCUT2D eigenvalue weighted by Gasteiger charge is -2.04. The summed E-state index contributed by atoms with van der Waals surface area (Å²) in [6.07, 6.45) is 1.06. The summed E-state index contributed by atoms with van der Waals surface area (Å²) in [6, 6.07) is 2.82. The molecule has 2 rings (SSSR count). The average Bonchev–Trinajstić information content (AvgIpc) is 2.30. The molecule has 0 aliphatic rings. The first-order valence-corrected chi connectivity index (χ1v) is 4.80. The second-order valence-corrected chi connectivity index (χ2v) is 3.43. The molecule has 0 aliphatic heterocycles. The van der Waals surface area contributed by atoms with Gasteiger partial charge in [-0.05, 0) is 12.1 Å². The second-order valence-electron chi connectivity index (χ2n) is 3.43. The first kappa shape index (κ1) is 11.9. The van der Waals surface area contributed by atoms with Crippen LogP contribution in [-0.2, 0) is 0 Å². The minimum atomic E-state index is -1.35. The summed E-state index contributed by atoms with van der Waals surface area (Å²) >= 11 is 0. The minimum Gasteiger partial charge on any atom is -0.476 e. The molecule has 92 valence electrons. The van der Waals surface area contributed by atoms with Crippen molar-refractivity contribution >= 4 is 11.7 Å². The fraction of sp³-hybridized carbons (Fsp3) is 0. The zero-order valence-corrected chi connectivity index (χ0v) is 8.89. The van der Waals surface area contributed by atoms with Gasteiger partial charge in [0.2, 0.25) is 0 Å². The normalized spacial score (nSPS) is 10.3. The molecule has 0 atom stereocenters. The number of carboxylic acid groups (broad SMARTS) is 1. The molecule has 5 nitrogen and oxygen atoms in total. The molecule has 0 saturated heterocycles. The number of anilines is 1. The van der Waals surface area contributed by atoms with Gasteiger partial charge in [-0.2, -0.15) is 0 Å². The zero-order chi connectivity index (χ0) is 13.3. The van der Waals surface area contributed by atoms with Crippen molar-refractivity contribution in [2.45, 2.75) is 0 Å². The van der Waals surface area contributed by atoms with Crippen molar-refractivity contribution in [2.24, 2.45) is 0 Å². The molecule has 7 heteroatoms. The van der Waals surface area contributed by atoms with Gasteiger partial charge in [-0.1, -0.05) is 0 Å².